The van der Waals surface area contributed by atoms with Gasteiger partial charge in [0.05, 0.1) is 16.1 Å². The van der Waals surface area contributed by atoms with Gasteiger partial charge in [-0.2, -0.15) is 29.4 Å². The molecule has 1 aliphatic heterocycles. The van der Waals surface area contributed by atoms with Crippen molar-refractivity contribution in [2.24, 2.45) is 5.10 Å². The Morgan fingerprint density at radius 3 is 1.92 bits per heavy atom. The lowest BCUT2D eigenvalue weighted by Crippen LogP contribution is -2.26. The highest BCUT2D eigenvalue weighted by molar-refractivity contribution is 6.65. The minimum atomic E-state index is 0.250. The molecule has 0 saturated heterocycles. The van der Waals surface area contributed by atoms with E-state index in [0.29, 0.717) is 32.0 Å². The Hall–Kier alpha value is -3.10. The third-order valence-electron chi connectivity index (χ3n) is 4.45. The molecule has 0 radical (unpaired) electrons. The van der Waals surface area contributed by atoms with Crippen LogP contribution < -0.4 is 5.01 Å². The highest BCUT2D eigenvalue weighted by Crippen LogP contribution is 2.30. The zero-order chi connectivity index (χ0) is 27.1. The number of pyridine rings is 2. The Balaban J connectivity index is 0.000000296. The van der Waals surface area contributed by atoms with E-state index in [2.05, 4.69) is 27.1 Å². The van der Waals surface area contributed by atoms with Crippen molar-refractivity contribution >= 4 is 69.7 Å². The van der Waals surface area contributed by atoms with E-state index in [-0.39, 0.29) is 18.3 Å². The molecule has 0 N–H and O–H groups in total. The van der Waals surface area contributed by atoms with Gasteiger partial charge in [-0.05, 0) is 43.2 Å². The lowest BCUT2D eigenvalue weighted by atomic mass is 10.2. The predicted octanol–water partition coefficient (Wildman–Crippen LogP) is 5.25. The highest BCUT2D eigenvalue weighted by atomic mass is 35.5. The molecule has 0 amide bonds. The van der Waals surface area contributed by atoms with Gasteiger partial charge >= 0.3 is 12.3 Å². The SMILES string of the molecule is CCC1CC(Cl)=NN1c1ncccc1Cl.CCc1cc(Cl)nn1-c1ncccc1Cl.O=C=O.O=C=O. The van der Waals surface area contributed by atoms with Crippen LogP contribution in [0.25, 0.3) is 5.82 Å². The Kier molecular flexibility index (Phi) is 14.2. The van der Waals surface area contributed by atoms with Gasteiger partial charge in [-0.3, -0.25) is 0 Å². The van der Waals surface area contributed by atoms with E-state index in [1.807, 2.05) is 18.0 Å². The van der Waals surface area contributed by atoms with Crippen molar-refractivity contribution in [3.63, 3.8) is 0 Å². The maximum absolute atomic E-state index is 8.12. The number of halogens is 4. The number of hydrazone groups is 1. The summed E-state index contributed by atoms with van der Waals surface area (Å²) < 4.78 is 1.67. The molecule has 4 heterocycles. The zero-order valence-electron chi connectivity index (χ0n) is 19.1. The molecule has 190 valence electrons. The first-order valence-corrected chi connectivity index (χ1v) is 11.7. The minimum Gasteiger partial charge on any atom is -0.242 e. The number of aromatic nitrogens is 4. The fraction of sp³-hybridized carbons (Fsp3) is 0.273. The van der Waals surface area contributed by atoms with E-state index >= 15 is 0 Å². The van der Waals surface area contributed by atoms with Crippen molar-refractivity contribution in [2.45, 2.75) is 39.2 Å². The Morgan fingerprint density at radius 1 is 0.917 bits per heavy atom. The zero-order valence-corrected chi connectivity index (χ0v) is 22.1. The van der Waals surface area contributed by atoms with Gasteiger partial charge in [-0.25, -0.2) is 19.7 Å². The van der Waals surface area contributed by atoms with Gasteiger partial charge in [0.25, 0.3) is 0 Å². The molecule has 4 rings (SSSR count). The van der Waals surface area contributed by atoms with Gasteiger partial charge in [0.2, 0.25) is 0 Å². The second kappa shape index (κ2) is 16.5. The van der Waals surface area contributed by atoms with Crippen LogP contribution in [-0.4, -0.2) is 43.3 Å². The molecular weight excluding hydrogens is 554 g/mol. The first kappa shape index (κ1) is 30.9. The second-order valence-corrected chi connectivity index (χ2v) is 8.23. The number of rotatable bonds is 4. The molecule has 0 aromatic carbocycles. The highest BCUT2D eigenvalue weighted by Gasteiger charge is 2.27. The molecule has 14 heteroatoms. The normalized spacial score (nSPS) is 13.4. The summed E-state index contributed by atoms with van der Waals surface area (Å²) in [6.45, 7) is 4.13. The fourth-order valence-electron chi connectivity index (χ4n) is 2.96. The summed E-state index contributed by atoms with van der Waals surface area (Å²) in [6, 6.07) is 9.24. The molecular formula is C22H20Cl4N6O4. The van der Waals surface area contributed by atoms with Gasteiger partial charge < -0.3 is 0 Å². The largest absolute Gasteiger partial charge is 0.373 e. The van der Waals surface area contributed by atoms with E-state index in [1.54, 1.807) is 41.3 Å². The van der Waals surface area contributed by atoms with Crippen LogP contribution in [-0.2, 0) is 25.6 Å². The lowest BCUT2D eigenvalue weighted by Gasteiger charge is -2.21. The molecule has 1 unspecified atom stereocenters. The quantitative estimate of drug-likeness (QED) is 0.414. The summed E-state index contributed by atoms with van der Waals surface area (Å²) in [5, 5.41) is 12.4. The average molecular weight is 574 g/mol. The summed E-state index contributed by atoms with van der Waals surface area (Å²) in [5.41, 5.74) is 0.987. The topological polar surface area (TPSA) is 127 Å². The number of anilines is 1. The molecule has 3 aromatic heterocycles. The summed E-state index contributed by atoms with van der Waals surface area (Å²) >= 11 is 23.9. The van der Waals surface area contributed by atoms with Crippen LogP contribution in [0.1, 0.15) is 32.4 Å². The van der Waals surface area contributed by atoms with Crippen LogP contribution in [0, 0.1) is 0 Å². The van der Waals surface area contributed by atoms with Crippen LogP contribution in [0.2, 0.25) is 15.2 Å². The summed E-state index contributed by atoms with van der Waals surface area (Å²) in [6.07, 6.45) is 6.44. The first-order chi connectivity index (χ1) is 17.3. The van der Waals surface area contributed by atoms with E-state index in [4.69, 9.17) is 65.6 Å². The number of nitrogens with zero attached hydrogens (tertiary/aromatic N) is 6. The monoisotopic (exact) mass is 572 g/mol. The number of aryl methyl sites for hydroxylation is 1. The van der Waals surface area contributed by atoms with Crippen molar-refractivity contribution in [3.05, 3.63) is 63.6 Å². The maximum atomic E-state index is 8.12. The van der Waals surface area contributed by atoms with Crippen molar-refractivity contribution < 1.29 is 19.2 Å². The fourth-order valence-corrected chi connectivity index (χ4v) is 3.83. The summed E-state index contributed by atoms with van der Waals surface area (Å²) in [7, 11) is 0. The van der Waals surface area contributed by atoms with Gasteiger partial charge in [0.1, 0.15) is 5.17 Å². The molecule has 36 heavy (non-hydrogen) atoms. The van der Waals surface area contributed by atoms with Crippen LogP contribution in [0.15, 0.2) is 47.8 Å². The molecule has 10 nitrogen and oxygen atoms in total. The maximum Gasteiger partial charge on any atom is 0.373 e. The van der Waals surface area contributed by atoms with E-state index < -0.39 is 0 Å². The Labute approximate surface area is 226 Å². The Bertz CT molecular complexity index is 1210. The van der Waals surface area contributed by atoms with E-state index in [1.165, 1.54) is 0 Å². The summed E-state index contributed by atoms with van der Waals surface area (Å²) in [5.74, 6) is 1.30. The number of hydrogen-bond acceptors (Lipinski definition) is 9. The van der Waals surface area contributed by atoms with Crippen LogP contribution in [0.5, 0.6) is 0 Å². The summed E-state index contributed by atoms with van der Waals surface area (Å²) in [4.78, 5) is 40.9. The third kappa shape index (κ3) is 9.17. The van der Waals surface area contributed by atoms with Crippen molar-refractivity contribution in [2.75, 3.05) is 5.01 Å². The molecule has 1 aliphatic rings. The average Bonchev–Trinajstić information content (AvgIpc) is 3.42. The predicted molar refractivity (Wildman–Crippen MR) is 134 cm³/mol. The minimum absolute atomic E-state index is 0.250. The smallest absolute Gasteiger partial charge is 0.242 e. The van der Waals surface area contributed by atoms with Crippen LogP contribution in [0.4, 0.5) is 5.82 Å². The van der Waals surface area contributed by atoms with Gasteiger partial charge in [-0.15, -0.1) is 0 Å². The van der Waals surface area contributed by atoms with Crippen molar-refractivity contribution in [3.8, 4) is 5.82 Å². The van der Waals surface area contributed by atoms with Gasteiger partial charge in [0.15, 0.2) is 16.8 Å². The van der Waals surface area contributed by atoms with Crippen molar-refractivity contribution in [1.82, 2.24) is 19.7 Å². The molecule has 0 saturated carbocycles. The van der Waals surface area contributed by atoms with Crippen LogP contribution in [0.3, 0.4) is 0 Å². The molecule has 3 aromatic rings. The van der Waals surface area contributed by atoms with Gasteiger partial charge in [0, 0.05) is 24.5 Å². The van der Waals surface area contributed by atoms with Gasteiger partial charge in [-0.1, -0.05) is 60.3 Å². The van der Waals surface area contributed by atoms with Crippen molar-refractivity contribution in [1.29, 1.82) is 0 Å². The second-order valence-electron chi connectivity index (χ2n) is 6.60. The standard InChI is InChI=1S/C10H11Cl2N3.C10H9Cl2N3.2CO2/c2*1-2-7-6-9(12)14-15(7)10-8(11)4-3-5-13-10;2*2-1-3/h3-5,7H,2,6H2,1H3;3-6H,2H2,1H3;;. The molecule has 0 spiro atoms. The Morgan fingerprint density at radius 2 is 1.44 bits per heavy atom. The third-order valence-corrected chi connectivity index (χ3v) is 5.45. The molecule has 1 atom stereocenters. The first-order valence-electron chi connectivity index (χ1n) is 10.2. The number of carbonyl (C=O) groups excluding carboxylic acids is 4. The lowest BCUT2D eigenvalue weighted by molar-refractivity contribution is -0.193. The van der Waals surface area contributed by atoms with E-state index in [9.17, 15) is 0 Å². The molecule has 0 fully saturated rings. The van der Waals surface area contributed by atoms with E-state index in [0.717, 1.165) is 25.0 Å². The van der Waals surface area contributed by atoms with Crippen LogP contribution >= 0.6 is 46.4 Å². The molecule has 0 bridgehead atoms. The number of hydrogen-bond donors (Lipinski definition) is 0. The molecule has 0 aliphatic carbocycles.